The minimum absolute atomic E-state index is 0.515. The zero-order valence-corrected chi connectivity index (χ0v) is 15.6. The normalized spacial score (nSPS) is 13.0. The molecule has 0 saturated carbocycles. The average molecular weight is 373 g/mol. The maximum Gasteiger partial charge on any atom is 0.127 e. The van der Waals surface area contributed by atoms with Crippen molar-refractivity contribution in [3.8, 4) is 17.2 Å². The summed E-state index contributed by atoms with van der Waals surface area (Å²) in [4.78, 5) is 4.37. The van der Waals surface area contributed by atoms with Gasteiger partial charge in [0.2, 0.25) is 0 Å². The topological polar surface area (TPSA) is 51.0 Å². The summed E-state index contributed by atoms with van der Waals surface area (Å²) >= 11 is 0. The first-order valence-corrected chi connectivity index (χ1v) is 9.29. The Balaban J connectivity index is 1.37. The number of rotatable bonds is 7. The van der Waals surface area contributed by atoms with Crippen molar-refractivity contribution in [2.24, 2.45) is 5.73 Å². The predicted molar refractivity (Wildman–Crippen MR) is 113 cm³/mol. The van der Waals surface area contributed by atoms with Gasteiger partial charge in [0, 0.05) is 30.3 Å². The van der Waals surface area contributed by atoms with E-state index in [4.69, 9.17) is 15.2 Å². The minimum Gasteiger partial charge on any atom is -0.492 e. The van der Waals surface area contributed by atoms with E-state index in [-0.39, 0.29) is 0 Å². The molecule has 0 aromatic heterocycles. The summed E-state index contributed by atoms with van der Waals surface area (Å²) in [5.74, 6) is 2.49. The summed E-state index contributed by atoms with van der Waals surface area (Å²) in [5.41, 5.74) is 7.70. The van der Waals surface area contributed by atoms with Crippen LogP contribution in [0.3, 0.4) is 0 Å². The van der Waals surface area contributed by atoms with Gasteiger partial charge in [-0.2, -0.15) is 0 Å². The average Bonchev–Trinajstić information content (AvgIpc) is 3.24. The number of hydrogen-bond donors (Lipinski definition) is 1. The van der Waals surface area contributed by atoms with Crippen LogP contribution in [0.2, 0.25) is 0 Å². The van der Waals surface area contributed by atoms with Crippen molar-refractivity contribution in [1.82, 2.24) is 0 Å². The highest BCUT2D eigenvalue weighted by Gasteiger charge is 2.15. The molecule has 1 aliphatic heterocycles. The Labute approximate surface area is 165 Å². The van der Waals surface area contributed by atoms with E-state index >= 15 is 0 Å². The third-order valence-electron chi connectivity index (χ3n) is 4.43. The van der Waals surface area contributed by atoms with Crippen molar-refractivity contribution in [2.75, 3.05) is 29.6 Å². The first-order chi connectivity index (χ1) is 13.8. The van der Waals surface area contributed by atoms with Crippen molar-refractivity contribution >= 4 is 11.4 Å². The number of nitrogens with two attached hydrogens (primary N) is 1. The smallest absolute Gasteiger partial charge is 0.127 e. The van der Waals surface area contributed by atoms with Gasteiger partial charge in [0.15, 0.2) is 0 Å². The summed E-state index contributed by atoms with van der Waals surface area (Å²) < 4.78 is 11.4. The van der Waals surface area contributed by atoms with E-state index in [1.165, 1.54) is 0 Å². The van der Waals surface area contributed by atoms with Crippen LogP contribution in [0.15, 0.2) is 91.3 Å². The molecule has 0 amide bonds. The Morgan fingerprint density at radius 1 is 0.679 bits per heavy atom. The van der Waals surface area contributed by atoms with Crippen LogP contribution >= 0.6 is 0 Å². The molecule has 5 nitrogen and oxygen atoms in total. The molecule has 0 bridgehead atoms. The zero-order valence-electron chi connectivity index (χ0n) is 15.6. The molecule has 142 valence electrons. The first-order valence-electron chi connectivity index (χ1n) is 9.29. The lowest BCUT2D eigenvalue weighted by molar-refractivity contribution is 0.328. The molecule has 2 N–H and O–H groups in total. The summed E-state index contributed by atoms with van der Waals surface area (Å²) in [7, 11) is 0. The van der Waals surface area contributed by atoms with E-state index in [1.807, 2.05) is 54.6 Å². The molecule has 4 rings (SSSR count). The lowest BCUT2D eigenvalue weighted by atomic mass is 10.2. The highest BCUT2D eigenvalue weighted by molar-refractivity contribution is 5.60. The van der Waals surface area contributed by atoms with Crippen LogP contribution in [0.25, 0.3) is 0 Å². The molecular weight excluding hydrogens is 350 g/mol. The van der Waals surface area contributed by atoms with Crippen molar-refractivity contribution in [3.63, 3.8) is 0 Å². The molecule has 1 aliphatic rings. The molecule has 0 atom stereocenters. The summed E-state index contributed by atoms with van der Waals surface area (Å²) in [6, 6.07) is 25.9. The second kappa shape index (κ2) is 8.50. The fourth-order valence-corrected chi connectivity index (χ4v) is 3.00. The molecule has 3 aromatic rings. The predicted octanol–water partition coefficient (Wildman–Crippen LogP) is 4.57. The van der Waals surface area contributed by atoms with Crippen LogP contribution in [0.4, 0.5) is 11.4 Å². The monoisotopic (exact) mass is 373 g/mol. The third kappa shape index (κ3) is 4.27. The molecule has 5 heteroatoms. The van der Waals surface area contributed by atoms with E-state index in [0.717, 1.165) is 35.3 Å². The molecule has 0 unspecified atom stereocenters. The van der Waals surface area contributed by atoms with Gasteiger partial charge in [-0.15, -0.1) is 0 Å². The van der Waals surface area contributed by atoms with Crippen molar-refractivity contribution in [1.29, 1.82) is 0 Å². The van der Waals surface area contributed by atoms with Gasteiger partial charge in [-0.05, 0) is 60.7 Å². The Morgan fingerprint density at radius 3 is 1.79 bits per heavy atom. The van der Waals surface area contributed by atoms with Gasteiger partial charge in [-0.3, -0.25) is 0 Å². The van der Waals surface area contributed by atoms with Crippen LogP contribution in [-0.2, 0) is 0 Å². The highest BCUT2D eigenvalue weighted by Crippen LogP contribution is 2.28. The van der Waals surface area contributed by atoms with Gasteiger partial charge in [0.1, 0.15) is 23.9 Å². The van der Waals surface area contributed by atoms with Gasteiger partial charge >= 0.3 is 0 Å². The first kappa shape index (κ1) is 17.9. The molecule has 0 saturated heterocycles. The summed E-state index contributed by atoms with van der Waals surface area (Å²) in [6.07, 6.45) is 4.15. The lowest BCUT2D eigenvalue weighted by Crippen LogP contribution is -2.24. The Kier molecular flexibility index (Phi) is 5.45. The largest absolute Gasteiger partial charge is 0.492 e. The molecule has 1 heterocycles. The van der Waals surface area contributed by atoms with Crippen LogP contribution in [0, 0.1) is 0 Å². The number of para-hydroxylation sites is 1. The van der Waals surface area contributed by atoms with Crippen LogP contribution in [0.1, 0.15) is 0 Å². The zero-order chi connectivity index (χ0) is 19.2. The van der Waals surface area contributed by atoms with Gasteiger partial charge in [-0.25, -0.2) is 0 Å². The van der Waals surface area contributed by atoms with Crippen molar-refractivity contribution in [2.45, 2.75) is 0 Å². The van der Waals surface area contributed by atoms with Crippen molar-refractivity contribution < 1.29 is 9.47 Å². The summed E-state index contributed by atoms with van der Waals surface area (Å²) in [6.45, 7) is 1.80. The van der Waals surface area contributed by atoms with Gasteiger partial charge in [0.05, 0.1) is 6.67 Å². The number of ether oxygens (including phenoxy) is 2. The molecule has 0 fully saturated rings. The van der Waals surface area contributed by atoms with E-state index in [2.05, 4.69) is 46.5 Å². The SMILES string of the molecule is NCCOc1ccc(N2C=CN(c3ccc(Oc4ccccc4)cc3)C2)cc1. The van der Waals surface area contributed by atoms with Gasteiger partial charge in [-0.1, -0.05) is 18.2 Å². The van der Waals surface area contributed by atoms with E-state index in [9.17, 15) is 0 Å². The lowest BCUT2D eigenvalue weighted by Gasteiger charge is -2.22. The fraction of sp³-hybridized carbons (Fsp3) is 0.130. The van der Waals surface area contributed by atoms with Crippen molar-refractivity contribution in [3.05, 3.63) is 91.3 Å². The van der Waals surface area contributed by atoms with Crippen LogP contribution < -0.4 is 25.0 Å². The third-order valence-corrected chi connectivity index (χ3v) is 4.43. The number of anilines is 2. The molecule has 3 aromatic carbocycles. The number of benzene rings is 3. The van der Waals surface area contributed by atoms with E-state index in [1.54, 1.807) is 0 Å². The minimum atomic E-state index is 0.515. The van der Waals surface area contributed by atoms with Gasteiger partial charge < -0.3 is 25.0 Å². The molecule has 0 aliphatic carbocycles. The second-order valence-electron chi connectivity index (χ2n) is 6.42. The van der Waals surface area contributed by atoms with Gasteiger partial charge in [0.25, 0.3) is 0 Å². The van der Waals surface area contributed by atoms with Crippen LogP contribution in [-0.4, -0.2) is 19.8 Å². The highest BCUT2D eigenvalue weighted by atomic mass is 16.5. The maximum absolute atomic E-state index is 5.86. The Morgan fingerprint density at radius 2 is 1.21 bits per heavy atom. The quantitative estimate of drug-likeness (QED) is 0.657. The standard InChI is InChI=1S/C23H23N3O2/c24-14-17-27-21-10-6-19(7-11-21)25-15-16-26(18-25)20-8-12-23(13-9-20)28-22-4-2-1-3-5-22/h1-13,15-16H,14,17-18,24H2. The second-order valence-corrected chi connectivity index (χ2v) is 6.42. The van der Waals surface area contributed by atoms with Crippen LogP contribution in [0.5, 0.6) is 17.2 Å². The maximum atomic E-state index is 5.86. The Hall–Kier alpha value is -3.44. The number of nitrogens with zero attached hydrogens (tertiary/aromatic N) is 2. The number of hydrogen-bond acceptors (Lipinski definition) is 5. The van der Waals surface area contributed by atoms with E-state index < -0.39 is 0 Å². The van der Waals surface area contributed by atoms with E-state index in [0.29, 0.717) is 13.2 Å². The summed E-state index contributed by atoms with van der Waals surface area (Å²) in [5, 5.41) is 0. The molecular formula is C23H23N3O2. The molecule has 28 heavy (non-hydrogen) atoms. The molecule has 0 spiro atoms. The Bertz CT molecular complexity index is 909. The molecule has 0 radical (unpaired) electrons. The fourth-order valence-electron chi connectivity index (χ4n) is 3.00.